The van der Waals surface area contributed by atoms with Gasteiger partial charge in [0.1, 0.15) is 0 Å². The molecule has 1 saturated heterocycles. The highest BCUT2D eigenvalue weighted by molar-refractivity contribution is 7.89. The minimum atomic E-state index is -3.67. The van der Waals surface area contributed by atoms with Gasteiger partial charge in [-0.2, -0.15) is 4.31 Å². The molecule has 3 aromatic rings. The molecule has 0 bridgehead atoms. The maximum absolute atomic E-state index is 13.1. The molecule has 7 heteroatoms. The molecule has 0 spiro atoms. The fourth-order valence-electron chi connectivity index (χ4n) is 4.50. The van der Waals surface area contributed by atoms with Crippen LogP contribution in [0.2, 0.25) is 0 Å². The number of rotatable bonds is 6. The second-order valence-electron chi connectivity index (χ2n) is 10.7. The van der Waals surface area contributed by atoms with Crippen LogP contribution in [0, 0.1) is 12.8 Å². The maximum atomic E-state index is 13.1. The van der Waals surface area contributed by atoms with E-state index in [1.807, 2.05) is 31.2 Å². The SMILES string of the molecule is Cc1ccc(S(=O)(=O)N2CCC[C@@H](C(=O)Nc3cccc(C(=O)c4ccc(C(C)(C)C)cc4)c3)C2)cc1. The summed E-state index contributed by atoms with van der Waals surface area (Å²) >= 11 is 0. The van der Waals surface area contributed by atoms with Crippen molar-refractivity contribution in [2.75, 3.05) is 18.4 Å². The Labute approximate surface area is 219 Å². The first-order valence-corrected chi connectivity index (χ1v) is 14.0. The van der Waals surface area contributed by atoms with E-state index >= 15 is 0 Å². The Morgan fingerprint density at radius 3 is 2.24 bits per heavy atom. The average molecular weight is 519 g/mol. The zero-order valence-corrected chi connectivity index (χ0v) is 22.6. The summed E-state index contributed by atoms with van der Waals surface area (Å²) in [5.41, 5.74) is 3.71. The molecule has 1 amide bonds. The lowest BCUT2D eigenvalue weighted by molar-refractivity contribution is -0.120. The molecule has 194 valence electrons. The predicted octanol–water partition coefficient (Wildman–Crippen LogP) is 5.56. The molecule has 6 nitrogen and oxygen atoms in total. The molecule has 0 aliphatic carbocycles. The summed E-state index contributed by atoms with van der Waals surface area (Å²) in [6.07, 6.45) is 1.21. The number of amides is 1. The van der Waals surface area contributed by atoms with Gasteiger partial charge in [-0.25, -0.2) is 8.42 Å². The third kappa shape index (κ3) is 6.17. The molecule has 1 heterocycles. The van der Waals surface area contributed by atoms with Gasteiger partial charge >= 0.3 is 0 Å². The molecule has 4 rings (SSSR count). The van der Waals surface area contributed by atoms with Gasteiger partial charge in [0, 0.05) is 29.9 Å². The fraction of sp³-hybridized carbons (Fsp3) is 0.333. The molecular formula is C30H34N2O4S. The molecule has 0 saturated carbocycles. The molecule has 1 aliphatic heterocycles. The molecule has 0 unspecified atom stereocenters. The van der Waals surface area contributed by atoms with E-state index in [-0.39, 0.29) is 28.5 Å². The Morgan fingerprint density at radius 2 is 1.59 bits per heavy atom. The van der Waals surface area contributed by atoms with E-state index in [9.17, 15) is 18.0 Å². The maximum Gasteiger partial charge on any atom is 0.243 e. The summed E-state index contributed by atoms with van der Waals surface area (Å²) in [4.78, 5) is 26.4. The zero-order valence-electron chi connectivity index (χ0n) is 21.8. The van der Waals surface area contributed by atoms with E-state index < -0.39 is 15.9 Å². The van der Waals surface area contributed by atoms with Crippen molar-refractivity contribution in [2.45, 2.75) is 50.8 Å². The van der Waals surface area contributed by atoms with Crippen LogP contribution in [0.3, 0.4) is 0 Å². The van der Waals surface area contributed by atoms with Crippen LogP contribution in [0.5, 0.6) is 0 Å². The largest absolute Gasteiger partial charge is 0.326 e. The number of carbonyl (C=O) groups excluding carboxylic acids is 2. The number of carbonyl (C=O) groups is 2. The van der Waals surface area contributed by atoms with Gasteiger partial charge in [0.15, 0.2) is 5.78 Å². The van der Waals surface area contributed by atoms with Crippen LogP contribution < -0.4 is 5.32 Å². The van der Waals surface area contributed by atoms with E-state index in [0.29, 0.717) is 36.2 Å². The number of anilines is 1. The molecule has 1 N–H and O–H groups in total. The Morgan fingerprint density at radius 1 is 0.919 bits per heavy atom. The van der Waals surface area contributed by atoms with Crippen molar-refractivity contribution in [3.63, 3.8) is 0 Å². The zero-order chi connectivity index (χ0) is 26.8. The number of aryl methyl sites for hydroxylation is 1. The van der Waals surface area contributed by atoms with Gasteiger partial charge < -0.3 is 5.32 Å². The lowest BCUT2D eigenvalue weighted by Crippen LogP contribution is -2.43. The number of sulfonamides is 1. The van der Waals surface area contributed by atoms with Crippen molar-refractivity contribution in [1.29, 1.82) is 0 Å². The number of hydrogen-bond donors (Lipinski definition) is 1. The van der Waals surface area contributed by atoms with Gasteiger partial charge in [-0.1, -0.05) is 74.9 Å². The van der Waals surface area contributed by atoms with E-state index in [1.165, 1.54) is 4.31 Å². The van der Waals surface area contributed by atoms with Gasteiger partial charge in [0.2, 0.25) is 15.9 Å². The minimum Gasteiger partial charge on any atom is -0.326 e. The van der Waals surface area contributed by atoms with Crippen LogP contribution in [0.25, 0.3) is 0 Å². The summed E-state index contributed by atoms with van der Waals surface area (Å²) < 4.78 is 27.6. The monoisotopic (exact) mass is 518 g/mol. The molecule has 0 radical (unpaired) electrons. The van der Waals surface area contributed by atoms with Gasteiger partial charge in [0.25, 0.3) is 0 Å². The summed E-state index contributed by atoms with van der Waals surface area (Å²) in [5.74, 6) is -0.842. The number of hydrogen-bond acceptors (Lipinski definition) is 4. The molecule has 1 fully saturated rings. The smallest absolute Gasteiger partial charge is 0.243 e. The van der Waals surface area contributed by atoms with E-state index in [1.54, 1.807) is 48.5 Å². The molecular weight excluding hydrogens is 484 g/mol. The predicted molar refractivity (Wildman–Crippen MR) is 146 cm³/mol. The average Bonchev–Trinajstić information content (AvgIpc) is 2.88. The molecule has 1 atom stereocenters. The number of benzene rings is 3. The highest BCUT2D eigenvalue weighted by atomic mass is 32.2. The topological polar surface area (TPSA) is 83.6 Å². The Balaban J connectivity index is 1.44. The summed E-state index contributed by atoms with van der Waals surface area (Å²) in [6.45, 7) is 8.79. The van der Waals surface area contributed by atoms with E-state index in [0.717, 1.165) is 11.1 Å². The van der Waals surface area contributed by atoms with Crippen molar-refractivity contribution in [3.05, 3.63) is 95.1 Å². The van der Waals surface area contributed by atoms with Crippen LogP contribution in [0.1, 0.15) is 60.7 Å². The number of nitrogens with zero attached hydrogens (tertiary/aromatic N) is 1. The summed E-state index contributed by atoms with van der Waals surface area (Å²) in [6, 6.07) is 21.2. The number of ketones is 1. The summed E-state index contributed by atoms with van der Waals surface area (Å²) in [7, 11) is -3.67. The molecule has 1 aliphatic rings. The number of nitrogens with one attached hydrogen (secondary N) is 1. The van der Waals surface area contributed by atoms with Crippen molar-refractivity contribution in [3.8, 4) is 0 Å². The molecule has 0 aromatic heterocycles. The molecule has 3 aromatic carbocycles. The fourth-order valence-corrected chi connectivity index (χ4v) is 6.03. The lowest BCUT2D eigenvalue weighted by atomic mass is 9.86. The number of piperidine rings is 1. The third-order valence-electron chi connectivity index (χ3n) is 6.82. The highest BCUT2D eigenvalue weighted by Gasteiger charge is 2.33. The normalized spacial score (nSPS) is 16.8. The van der Waals surface area contributed by atoms with Crippen molar-refractivity contribution in [1.82, 2.24) is 4.31 Å². The Kier molecular flexibility index (Phi) is 7.67. The third-order valence-corrected chi connectivity index (χ3v) is 8.70. The first-order valence-electron chi connectivity index (χ1n) is 12.6. The van der Waals surface area contributed by atoms with Crippen LogP contribution >= 0.6 is 0 Å². The van der Waals surface area contributed by atoms with Crippen molar-refractivity contribution in [2.24, 2.45) is 5.92 Å². The second-order valence-corrected chi connectivity index (χ2v) is 12.7. The lowest BCUT2D eigenvalue weighted by Gasteiger charge is -2.31. The molecule has 37 heavy (non-hydrogen) atoms. The quantitative estimate of drug-likeness (QED) is 0.433. The van der Waals surface area contributed by atoms with Gasteiger partial charge in [-0.3, -0.25) is 9.59 Å². The van der Waals surface area contributed by atoms with Gasteiger partial charge in [-0.05, 0) is 55.0 Å². The van der Waals surface area contributed by atoms with Crippen molar-refractivity contribution >= 4 is 27.4 Å². The van der Waals surface area contributed by atoms with E-state index in [2.05, 4.69) is 26.1 Å². The summed E-state index contributed by atoms with van der Waals surface area (Å²) in [5, 5.41) is 2.89. The highest BCUT2D eigenvalue weighted by Crippen LogP contribution is 2.26. The first kappa shape index (κ1) is 26.8. The van der Waals surface area contributed by atoms with Gasteiger partial charge in [0.05, 0.1) is 10.8 Å². The first-order chi connectivity index (χ1) is 17.4. The van der Waals surface area contributed by atoms with Crippen LogP contribution in [-0.4, -0.2) is 37.5 Å². The standard InChI is InChI=1S/C30H34N2O4S/c1-21-10-16-27(17-11-21)37(35,36)32-18-6-8-24(20-32)29(34)31-26-9-5-7-23(19-26)28(33)22-12-14-25(15-13-22)30(2,3)4/h5,7,9-17,19,24H,6,8,18,20H2,1-4H3,(H,31,34)/t24-/m1/s1. The second kappa shape index (κ2) is 10.6. The van der Waals surface area contributed by atoms with Crippen LogP contribution in [-0.2, 0) is 20.2 Å². The van der Waals surface area contributed by atoms with Crippen LogP contribution in [0.4, 0.5) is 5.69 Å². The van der Waals surface area contributed by atoms with Crippen molar-refractivity contribution < 1.29 is 18.0 Å². The Hall–Kier alpha value is -3.29. The minimum absolute atomic E-state index is 0.0000569. The van der Waals surface area contributed by atoms with Crippen LogP contribution in [0.15, 0.2) is 77.7 Å². The Bertz CT molecular complexity index is 1390. The van der Waals surface area contributed by atoms with Gasteiger partial charge in [-0.15, -0.1) is 0 Å². The van der Waals surface area contributed by atoms with E-state index in [4.69, 9.17) is 0 Å².